The van der Waals surface area contributed by atoms with Crippen molar-refractivity contribution < 1.29 is 9.90 Å². The minimum absolute atomic E-state index is 0.0307. The molecule has 3 rings (SSSR count). The highest BCUT2D eigenvalue weighted by molar-refractivity contribution is 5.96. The molecule has 7 heteroatoms. The Labute approximate surface area is 200 Å². The molecular formula is C27H31N5O2. The minimum Gasteiger partial charge on any atom is -0.506 e. The average Bonchev–Trinajstić information content (AvgIpc) is 2.87. The maximum Gasteiger partial charge on any atom is 0.162 e. The van der Waals surface area contributed by atoms with Crippen LogP contribution in [0, 0.1) is 0 Å². The molecule has 0 heterocycles. The molecule has 0 radical (unpaired) electrons. The van der Waals surface area contributed by atoms with Crippen LogP contribution in [0.3, 0.4) is 0 Å². The van der Waals surface area contributed by atoms with Crippen molar-refractivity contribution in [3.8, 4) is 5.75 Å². The van der Waals surface area contributed by atoms with Crippen molar-refractivity contribution in [1.82, 2.24) is 0 Å². The second kappa shape index (κ2) is 12.4. The summed E-state index contributed by atoms with van der Waals surface area (Å²) in [5.74, 6) is 0.108. The van der Waals surface area contributed by atoms with Crippen LogP contribution in [-0.2, 0) is 0 Å². The molecule has 0 spiro atoms. The standard InChI is InChI=1S/C27H31N5O2/c1-4-7-8-26(33)20-9-11-21(12-10-20)28-30-23-15-18-25(27(34)19-23)31-29-22-13-16-24(17-14-22)32(5-2)6-3/h9-19,34H,4-8H2,1-3H3. The van der Waals surface area contributed by atoms with Crippen LogP contribution in [0.5, 0.6) is 5.75 Å². The largest absolute Gasteiger partial charge is 0.506 e. The molecule has 0 aliphatic rings. The molecule has 1 N–H and O–H groups in total. The maximum absolute atomic E-state index is 12.1. The molecule has 0 amide bonds. The van der Waals surface area contributed by atoms with Crippen molar-refractivity contribution in [3.05, 3.63) is 72.3 Å². The Morgan fingerprint density at radius 1 is 0.765 bits per heavy atom. The molecule has 176 valence electrons. The van der Waals surface area contributed by atoms with Crippen LogP contribution >= 0.6 is 0 Å². The van der Waals surface area contributed by atoms with Gasteiger partial charge in [0.1, 0.15) is 11.4 Å². The normalized spacial score (nSPS) is 11.4. The summed E-state index contributed by atoms with van der Waals surface area (Å²) in [7, 11) is 0. The lowest BCUT2D eigenvalue weighted by atomic mass is 10.1. The van der Waals surface area contributed by atoms with E-state index in [0.717, 1.165) is 31.6 Å². The molecule has 0 unspecified atom stereocenters. The van der Waals surface area contributed by atoms with Crippen LogP contribution in [0.1, 0.15) is 50.4 Å². The SMILES string of the molecule is CCCCC(=O)c1ccc(N=Nc2ccc(N=Nc3ccc(N(CC)CC)cc3)c(O)c2)cc1. The van der Waals surface area contributed by atoms with Crippen LogP contribution in [0.25, 0.3) is 0 Å². The van der Waals surface area contributed by atoms with Gasteiger partial charge in [-0.2, -0.15) is 15.3 Å². The van der Waals surface area contributed by atoms with Gasteiger partial charge in [0.05, 0.1) is 17.1 Å². The zero-order chi connectivity index (χ0) is 24.3. The van der Waals surface area contributed by atoms with Crippen molar-refractivity contribution in [1.29, 1.82) is 0 Å². The summed E-state index contributed by atoms with van der Waals surface area (Å²) in [4.78, 5) is 14.3. The van der Waals surface area contributed by atoms with E-state index in [9.17, 15) is 9.90 Å². The molecule has 0 bridgehead atoms. The number of benzene rings is 3. The highest BCUT2D eigenvalue weighted by Gasteiger charge is 2.06. The number of hydrogen-bond acceptors (Lipinski definition) is 7. The number of nitrogens with zero attached hydrogens (tertiary/aromatic N) is 5. The third-order valence-corrected chi connectivity index (χ3v) is 5.44. The van der Waals surface area contributed by atoms with Gasteiger partial charge in [0.2, 0.25) is 0 Å². The van der Waals surface area contributed by atoms with Gasteiger partial charge in [-0.25, -0.2) is 0 Å². The van der Waals surface area contributed by atoms with E-state index in [0.29, 0.717) is 34.7 Å². The van der Waals surface area contributed by atoms with Crippen molar-refractivity contribution in [2.45, 2.75) is 40.0 Å². The number of unbranched alkanes of at least 4 members (excludes halogenated alkanes) is 1. The fourth-order valence-corrected chi connectivity index (χ4v) is 3.40. The molecule has 7 nitrogen and oxygen atoms in total. The average molecular weight is 458 g/mol. The van der Waals surface area contributed by atoms with E-state index in [-0.39, 0.29) is 11.5 Å². The Bertz CT molecular complexity index is 1130. The van der Waals surface area contributed by atoms with Crippen molar-refractivity contribution in [2.75, 3.05) is 18.0 Å². The van der Waals surface area contributed by atoms with Gasteiger partial charge in [0.25, 0.3) is 0 Å². The Balaban J connectivity index is 1.63. The van der Waals surface area contributed by atoms with Gasteiger partial charge >= 0.3 is 0 Å². The van der Waals surface area contributed by atoms with Crippen LogP contribution in [0.4, 0.5) is 28.4 Å². The van der Waals surface area contributed by atoms with Crippen LogP contribution < -0.4 is 4.90 Å². The first-order chi connectivity index (χ1) is 16.5. The lowest BCUT2D eigenvalue weighted by Gasteiger charge is -2.20. The first kappa shape index (κ1) is 24.8. The van der Waals surface area contributed by atoms with Crippen molar-refractivity contribution >= 4 is 34.2 Å². The molecule has 0 atom stereocenters. The summed E-state index contributed by atoms with van der Waals surface area (Å²) in [6.07, 6.45) is 2.44. The number of azo groups is 2. The summed E-state index contributed by atoms with van der Waals surface area (Å²) in [5, 5.41) is 27.0. The number of carbonyl (C=O) groups is 1. The van der Waals surface area contributed by atoms with Crippen molar-refractivity contribution in [2.24, 2.45) is 20.5 Å². The zero-order valence-corrected chi connectivity index (χ0v) is 20.0. The Morgan fingerprint density at radius 3 is 1.91 bits per heavy atom. The summed E-state index contributed by atoms with van der Waals surface area (Å²) in [5.41, 5.74) is 3.99. The van der Waals surface area contributed by atoms with Gasteiger partial charge in [-0.05, 0) is 80.9 Å². The van der Waals surface area contributed by atoms with Gasteiger partial charge in [-0.3, -0.25) is 4.79 Å². The predicted octanol–water partition coefficient (Wildman–Crippen LogP) is 8.44. The van der Waals surface area contributed by atoms with Crippen LogP contribution in [-0.4, -0.2) is 24.0 Å². The number of ketones is 1. The number of phenols is 1. The second-order valence-corrected chi connectivity index (χ2v) is 7.84. The van der Waals surface area contributed by atoms with Gasteiger partial charge < -0.3 is 10.0 Å². The highest BCUT2D eigenvalue weighted by Crippen LogP contribution is 2.33. The molecule has 0 aromatic heterocycles. The number of aromatic hydroxyl groups is 1. The van der Waals surface area contributed by atoms with Gasteiger partial charge in [-0.15, -0.1) is 5.11 Å². The molecule has 3 aromatic rings. The number of anilines is 1. The smallest absolute Gasteiger partial charge is 0.162 e. The summed E-state index contributed by atoms with van der Waals surface area (Å²) in [6.45, 7) is 8.20. The Kier molecular flexibility index (Phi) is 9.03. The molecule has 0 saturated heterocycles. The number of hydrogen-bond donors (Lipinski definition) is 1. The van der Waals surface area contributed by atoms with Gasteiger partial charge in [-0.1, -0.05) is 13.3 Å². The fourth-order valence-electron chi connectivity index (χ4n) is 3.40. The van der Waals surface area contributed by atoms with E-state index < -0.39 is 0 Å². The van der Waals surface area contributed by atoms with Crippen LogP contribution in [0.2, 0.25) is 0 Å². The first-order valence-corrected chi connectivity index (χ1v) is 11.7. The van der Waals surface area contributed by atoms with Crippen molar-refractivity contribution in [3.63, 3.8) is 0 Å². The zero-order valence-electron chi connectivity index (χ0n) is 20.0. The molecule has 0 aliphatic carbocycles. The van der Waals surface area contributed by atoms with Gasteiger partial charge in [0, 0.05) is 36.8 Å². The molecular weight excluding hydrogens is 426 g/mol. The van der Waals surface area contributed by atoms with E-state index in [1.165, 1.54) is 6.07 Å². The number of rotatable bonds is 11. The first-order valence-electron chi connectivity index (χ1n) is 11.7. The van der Waals surface area contributed by atoms with E-state index in [1.54, 1.807) is 36.4 Å². The maximum atomic E-state index is 12.1. The molecule has 0 saturated carbocycles. The lowest BCUT2D eigenvalue weighted by Crippen LogP contribution is -2.21. The fraction of sp³-hybridized carbons (Fsp3) is 0.296. The molecule has 0 aliphatic heterocycles. The van der Waals surface area contributed by atoms with E-state index >= 15 is 0 Å². The van der Waals surface area contributed by atoms with Gasteiger partial charge in [0.15, 0.2) is 5.78 Å². The predicted molar refractivity (Wildman–Crippen MR) is 137 cm³/mol. The summed E-state index contributed by atoms with van der Waals surface area (Å²) < 4.78 is 0. The minimum atomic E-state index is -0.0307. The molecule has 3 aromatic carbocycles. The summed E-state index contributed by atoms with van der Waals surface area (Å²) in [6, 6.07) is 19.7. The highest BCUT2D eigenvalue weighted by atomic mass is 16.3. The lowest BCUT2D eigenvalue weighted by molar-refractivity contribution is 0.0980. The van der Waals surface area contributed by atoms with E-state index in [2.05, 4.69) is 46.1 Å². The third-order valence-electron chi connectivity index (χ3n) is 5.44. The monoisotopic (exact) mass is 457 g/mol. The third kappa shape index (κ3) is 6.81. The molecule has 34 heavy (non-hydrogen) atoms. The summed E-state index contributed by atoms with van der Waals surface area (Å²) >= 11 is 0. The number of carbonyl (C=O) groups excluding carboxylic acids is 1. The second-order valence-electron chi connectivity index (χ2n) is 7.84. The molecule has 0 fully saturated rings. The quantitative estimate of drug-likeness (QED) is 0.231. The Hall–Kier alpha value is -3.87. The van der Waals surface area contributed by atoms with E-state index in [1.807, 2.05) is 24.3 Å². The number of phenolic OH excluding ortho intramolecular Hbond substituents is 1. The number of Topliss-reactive ketones (excluding diaryl/α,β-unsaturated/α-hetero) is 1. The van der Waals surface area contributed by atoms with Crippen LogP contribution in [0.15, 0.2) is 87.2 Å². The topological polar surface area (TPSA) is 90.0 Å². The van der Waals surface area contributed by atoms with E-state index in [4.69, 9.17) is 0 Å². The Morgan fingerprint density at radius 2 is 1.32 bits per heavy atom.